The maximum Gasteiger partial charge on any atom is 0.341 e. The van der Waals surface area contributed by atoms with Crippen molar-refractivity contribution < 1.29 is 23.8 Å². The van der Waals surface area contributed by atoms with Gasteiger partial charge in [0.15, 0.2) is 5.60 Å². The van der Waals surface area contributed by atoms with Gasteiger partial charge in [0.2, 0.25) is 5.79 Å². The molecule has 1 heterocycles. The average molecular weight is 501 g/mol. The maximum absolute atomic E-state index is 13.5. The van der Waals surface area contributed by atoms with Crippen molar-refractivity contribution in [2.45, 2.75) is 124 Å². The highest BCUT2D eigenvalue weighted by atomic mass is 16.8. The van der Waals surface area contributed by atoms with Crippen molar-refractivity contribution in [2.24, 2.45) is 11.8 Å². The molecule has 0 N–H and O–H groups in total. The Bertz CT molecular complexity index is 925. The molecule has 2 aliphatic rings. The second kappa shape index (κ2) is 11.9. The van der Waals surface area contributed by atoms with Gasteiger partial charge in [0, 0.05) is 32.6 Å². The zero-order valence-electron chi connectivity index (χ0n) is 24.1. The summed E-state index contributed by atoms with van der Waals surface area (Å²) in [6.07, 6.45) is 11.5. The predicted octanol–water partition coefficient (Wildman–Crippen LogP) is 7.77. The predicted molar refractivity (Wildman–Crippen MR) is 145 cm³/mol. The minimum absolute atomic E-state index is 0.214. The highest BCUT2D eigenvalue weighted by Crippen LogP contribution is 2.46. The van der Waals surface area contributed by atoms with Crippen LogP contribution in [-0.4, -0.2) is 28.9 Å². The zero-order chi connectivity index (χ0) is 27.3. The van der Waals surface area contributed by atoms with Crippen LogP contribution in [0.2, 0.25) is 0 Å². The summed E-state index contributed by atoms with van der Waals surface area (Å²) in [7, 11) is 0. The summed E-state index contributed by atoms with van der Waals surface area (Å²) in [4.78, 5) is 26.1. The third-order valence-corrected chi connectivity index (χ3v) is 6.73. The number of allylic oxidation sites excluding steroid dienone is 6. The number of hydrogen-bond donors (Lipinski definition) is 0. The molecule has 202 valence electrons. The van der Waals surface area contributed by atoms with Gasteiger partial charge in [-0.2, -0.15) is 0 Å². The fourth-order valence-electron chi connectivity index (χ4n) is 5.23. The van der Waals surface area contributed by atoms with Gasteiger partial charge in [0.1, 0.15) is 5.60 Å². The van der Waals surface area contributed by atoms with Crippen LogP contribution in [-0.2, 0) is 23.8 Å². The number of carbonyl (C=O) groups is 2. The zero-order valence-corrected chi connectivity index (χ0v) is 24.1. The van der Waals surface area contributed by atoms with Crippen LogP contribution in [0.4, 0.5) is 0 Å². The molecule has 0 aromatic heterocycles. The molecule has 5 heteroatoms. The van der Waals surface area contributed by atoms with E-state index in [1.807, 2.05) is 27.7 Å². The van der Waals surface area contributed by atoms with E-state index in [0.29, 0.717) is 18.8 Å². The van der Waals surface area contributed by atoms with E-state index in [-0.39, 0.29) is 24.3 Å². The van der Waals surface area contributed by atoms with E-state index >= 15 is 0 Å². The second-order valence-electron chi connectivity index (χ2n) is 12.2. The molecule has 0 radical (unpaired) electrons. The first-order valence-electron chi connectivity index (χ1n) is 13.5. The Morgan fingerprint density at radius 1 is 1.28 bits per heavy atom. The van der Waals surface area contributed by atoms with Gasteiger partial charge in [-0.3, -0.25) is 4.79 Å². The van der Waals surface area contributed by atoms with Crippen LogP contribution in [0.3, 0.4) is 0 Å². The normalized spacial score (nSPS) is 23.5. The molecule has 0 aromatic rings. The van der Waals surface area contributed by atoms with Gasteiger partial charge in [-0.25, -0.2) is 4.79 Å². The fraction of sp³-hybridized carbons (Fsp3) is 0.677. The van der Waals surface area contributed by atoms with Crippen LogP contribution in [0.15, 0.2) is 47.1 Å². The Kier molecular flexibility index (Phi) is 9.98. The third-order valence-electron chi connectivity index (χ3n) is 6.73. The van der Waals surface area contributed by atoms with Gasteiger partial charge in [0.25, 0.3) is 0 Å². The van der Waals surface area contributed by atoms with E-state index in [9.17, 15) is 9.59 Å². The summed E-state index contributed by atoms with van der Waals surface area (Å²) in [5.41, 5.74) is 2.76. The van der Waals surface area contributed by atoms with Gasteiger partial charge in [-0.05, 0) is 89.4 Å². The number of carbonyl (C=O) groups excluding carboxylic acids is 2. The first-order chi connectivity index (χ1) is 16.6. The molecule has 0 amide bonds. The average Bonchev–Trinajstić information content (AvgIpc) is 3.33. The van der Waals surface area contributed by atoms with Crippen LogP contribution in [0, 0.1) is 11.8 Å². The largest absolute Gasteiger partial charge is 0.460 e. The molecule has 1 saturated heterocycles. The standard InChI is InChI=1S/C31H48O5/c1-11-23(5)26(24-14-12-13-15-24)19-22(4)20-31(28(33)35-30(9,10)36-31)25(18-21(2)3)16-17-27(32)34-29(6,7)8/h11,14,19,21,25H,4,12-13,15-18,20H2,1-3,5-10H3/b23-11-,26-19+/t25-,31+/m0/s1. The highest BCUT2D eigenvalue weighted by molar-refractivity contribution is 5.83. The lowest BCUT2D eigenvalue weighted by Crippen LogP contribution is -2.46. The molecule has 1 aliphatic heterocycles. The summed E-state index contributed by atoms with van der Waals surface area (Å²) < 4.78 is 17.7. The minimum atomic E-state index is -1.21. The van der Waals surface area contributed by atoms with Crippen LogP contribution >= 0.6 is 0 Å². The van der Waals surface area contributed by atoms with Crippen LogP contribution in [0.5, 0.6) is 0 Å². The Morgan fingerprint density at radius 2 is 1.94 bits per heavy atom. The van der Waals surface area contributed by atoms with Crippen molar-refractivity contribution in [1.29, 1.82) is 0 Å². The van der Waals surface area contributed by atoms with Crippen molar-refractivity contribution in [2.75, 3.05) is 0 Å². The number of rotatable bonds is 11. The molecule has 36 heavy (non-hydrogen) atoms. The number of esters is 2. The van der Waals surface area contributed by atoms with Crippen molar-refractivity contribution in [3.63, 3.8) is 0 Å². The minimum Gasteiger partial charge on any atom is -0.460 e. The van der Waals surface area contributed by atoms with Crippen molar-refractivity contribution in [1.82, 2.24) is 0 Å². The topological polar surface area (TPSA) is 61.8 Å². The summed E-state index contributed by atoms with van der Waals surface area (Å²) >= 11 is 0. The third kappa shape index (κ3) is 8.19. The van der Waals surface area contributed by atoms with Gasteiger partial charge in [0.05, 0.1) is 0 Å². The van der Waals surface area contributed by atoms with E-state index in [1.54, 1.807) is 13.8 Å². The van der Waals surface area contributed by atoms with Gasteiger partial charge >= 0.3 is 11.9 Å². The lowest BCUT2D eigenvalue weighted by atomic mass is 9.75. The lowest BCUT2D eigenvalue weighted by molar-refractivity contribution is -0.176. The quantitative estimate of drug-likeness (QED) is 0.214. The molecule has 0 aromatic carbocycles. The van der Waals surface area contributed by atoms with E-state index in [1.165, 1.54) is 16.7 Å². The van der Waals surface area contributed by atoms with Crippen molar-refractivity contribution in [3.05, 3.63) is 47.1 Å². The Balaban J connectivity index is 2.42. The number of hydrogen-bond acceptors (Lipinski definition) is 5. The van der Waals surface area contributed by atoms with E-state index < -0.39 is 17.0 Å². The van der Waals surface area contributed by atoms with Gasteiger partial charge < -0.3 is 14.2 Å². The lowest BCUT2D eigenvalue weighted by Gasteiger charge is -2.36. The molecule has 0 bridgehead atoms. The SMILES string of the molecule is C=C(/C=C(C1=CCCC1)\C(C)=C/C)C[C@]1([C@@H](CCC(=O)OC(C)(C)C)CC(C)C)OC(C)(C)OC1=O. The van der Waals surface area contributed by atoms with Crippen molar-refractivity contribution >= 4 is 11.9 Å². The molecule has 1 fully saturated rings. The van der Waals surface area contributed by atoms with E-state index in [0.717, 1.165) is 31.3 Å². The second-order valence-corrected chi connectivity index (χ2v) is 12.2. The smallest absolute Gasteiger partial charge is 0.341 e. The Morgan fingerprint density at radius 3 is 2.42 bits per heavy atom. The maximum atomic E-state index is 13.5. The summed E-state index contributed by atoms with van der Waals surface area (Å²) in [6, 6.07) is 0. The summed E-state index contributed by atoms with van der Waals surface area (Å²) in [5.74, 6) is -1.60. The molecular formula is C31H48O5. The first-order valence-corrected chi connectivity index (χ1v) is 13.5. The van der Waals surface area contributed by atoms with Gasteiger partial charge in [-0.1, -0.05) is 44.2 Å². The van der Waals surface area contributed by atoms with Crippen LogP contribution in [0.1, 0.15) is 107 Å². The molecular weight excluding hydrogens is 452 g/mol. The van der Waals surface area contributed by atoms with Crippen LogP contribution < -0.4 is 0 Å². The Hall–Kier alpha value is -2.14. The molecule has 5 nitrogen and oxygen atoms in total. The first kappa shape index (κ1) is 30.1. The van der Waals surface area contributed by atoms with E-state index in [2.05, 4.69) is 45.6 Å². The van der Waals surface area contributed by atoms with Crippen molar-refractivity contribution in [3.8, 4) is 0 Å². The fourth-order valence-corrected chi connectivity index (χ4v) is 5.23. The molecule has 2 atom stereocenters. The number of cyclic esters (lactones) is 1. The van der Waals surface area contributed by atoms with E-state index in [4.69, 9.17) is 14.2 Å². The molecule has 0 saturated carbocycles. The molecule has 0 spiro atoms. The van der Waals surface area contributed by atoms with Crippen LogP contribution in [0.25, 0.3) is 0 Å². The summed E-state index contributed by atoms with van der Waals surface area (Å²) in [5, 5.41) is 0. The molecule has 1 aliphatic carbocycles. The molecule has 2 rings (SSSR count). The highest BCUT2D eigenvalue weighted by Gasteiger charge is 2.58. The summed E-state index contributed by atoms with van der Waals surface area (Å²) in [6.45, 7) is 21.9. The number of ether oxygens (including phenoxy) is 3. The van der Waals surface area contributed by atoms with Gasteiger partial charge in [-0.15, -0.1) is 0 Å². The molecule has 0 unspecified atom stereocenters. The Labute approximate surface area is 219 Å². The monoisotopic (exact) mass is 500 g/mol.